The summed E-state index contributed by atoms with van der Waals surface area (Å²) in [5, 5.41) is 1.34. The maximum Gasteiger partial charge on any atom is 0.412 e. The normalized spacial score (nSPS) is 20.6. The molecule has 2 rings (SSSR count). The summed E-state index contributed by atoms with van der Waals surface area (Å²) in [5.74, 6) is -2.94. The lowest BCUT2D eigenvalue weighted by Gasteiger charge is -2.20. The van der Waals surface area contributed by atoms with Gasteiger partial charge in [-0.3, -0.25) is 5.32 Å². The zero-order chi connectivity index (χ0) is 18.2. The van der Waals surface area contributed by atoms with Crippen LogP contribution in [0.2, 0.25) is 0 Å². The van der Waals surface area contributed by atoms with E-state index < -0.39 is 45.5 Å². The van der Waals surface area contributed by atoms with Crippen molar-refractivity contribution >= 4 is 21.6 Å². The van der Waals surface area contributed by atoms with Gasteiger partial charge in [0, 0.05) is 18.5 Å². The lowest BCUT2D eigenvalue weighted by molar-refractivity contribution is 0.00954. The number of anilines is 1. The Kier molecular flexibility index (Phi) is 4.90. The summed E-state index contributed by atoms with van der Waals surface area (Å²) >= 11 is 0. The van der Waals surface area contributed by atoms with Crippen LogP contribution in [-0.2, 0) is 14.6 Å². The van der Waals surface area contributed by atoms with E-state index in [1.54, 1.807) is 20.8 Å². The maximum atomic E-state index is 13.3. The van der Waals surface area contributed by atoms with E-state index in [-0.39, 0.29) is 17.0 Å². The third-order valence-electron chi connectivity index (χ3n) is 3.61. The molecular weight excluding hydrogens is 340 g/mol. The molecule has 1 N–H and O–H groups in total. The highest BCUT2D eigenvalue weighted by molar-refractivity contribution is 7.92. The van der Waals surface area contributed by atoms with Gasteiger partial charge in [0.15, 0.2) is 9.84 Å². The Hall–Kier alpha value is -1.70. The van der Waals surface area contributed by atoms with E-state index >= 15 is 0 Å². The molecule has 134 valence electrons. The van der Waals surface area contributed by atoms with Gasteiger partial charge in [0.1, 0.15) is 5.60 Å². The highest BCUT2D eigenvalue weighted by atomic mass is 32.2. The molecule has 1 fully saturated rings. The fraction of sp³-hybridized carbons (Fsp3) is 0.562. The molecule has 24 heavy (non-hydrogen) atoms. The molecule has 1 aromatic carbocycles. The van der Waals surface area contributed by atoms with Crippen LogP contribution in [0.1, 0.15) is 40.0 Å². The van der Waals surface area contributed by atoms with Crippen molar-refractivity contribution in [1.82, 2.24) is 0 Å². The Morgan fingerprint density at radius 2 is 2.00 bits per heavy atom. The first-order chi connectivity index (χ1) is 10.9. The fourth-order valence-corrected chi connectivity index (χ4v) is 4.37. The van der Waals surface area contributed by atoms with Crippen LogP contribution in [0, 0.1) is 0 Å². The number of alkyl halides is 2. The molecule has 1 amide bonds. The van der Waals surface area contributed by atoms with Crippen molar-refractivity contribution in [2.24, 2.45) is 0 Å². The molecule has 1 aliphatic rings. The summed E-state index contributed by atoms with van der Waals surface area (Å²) in [6.45, 7) is 5.11. The molecule has 0 aromatic heterocycles. The second-order valence-corrected chi connectivity index (χ2v) is 9.15. The molecule has 0 radical (unpaired) electrons. The van der Waals surface area contributed by atoms with Gasteiger partial charge < -0.3 is 4.74 Å². The number of carbonyl (C=O) groups excluding carboxylic acids is 1. The fourth-order valence-electron chi connectivity index (χ4n) is 2.54. The number of carbonyl (C=O) groups is 1. The molecule has 1 aromatic rings. The molecule has 0 heterocycles. The molecule has 0 saturated heterocycles. The van der Waals surface area contributed by atoms with Crippen LogP contribution in [0.15, 0.2) is 29.2 Å². The van der Waals surface area contributed by atoms with Gasteiger partial charge >= 0.3 is 6.09 Å². The molecule has 1 unspecified atom stereocenters. The van der Waals surface area contributed by atoms with Gasteiger partial charge in [-0.2, -0.15) is 0 Å². The van der Waals surface area contributed by atoms with Crippen molar-refractivity contribution in [3.63, 3.8) is 0 Å². The molecule has 0 spiro atoms. The number of halogens is 2. The minimum Gasteiger partial charge on any atom is -0.444 e. The first-order valence-electron chi connectivity index (χ1n) is 7.61. The van der Waals surface area contributed by atoms with Gasteiger partial charge in [-0.05, 0) is 45.4 Å². The summed E-state index contributed by atoms with van der Waals surface area (Å²) in [5.41, 5.74) is -0.460. The monoisotopic (exact) mass is 361 g/mol. The van der Waals surface area contributed by atoms with Gasteiger partial charge in [0.25, 0.3) is 0 Å². The number of nitrogens with one attached hydrogen (secondary N) is 1. The zero-order valence-corrected chi connectivity index (χ0v) is 14.6. The average molecular weight is 361 g/mol. The maximum absolute atomic E-state index is 13.3. The van der Waals surface area contributed by atoms with Crippen LogP contribution in [0.4, 0.5) is 19.3 Å². The third-order valence-corrected chi connectivity index (χ3v) is 5.80. The summed E-state index contributed by atoms with van der Waals surface area (Å²) in [6, 6.07) is 5.56. The summed E-state index contributed by atoms with van der Waals surface area (Å²) in [6.07, 6.45) is -1.88. The first kappa shape index (κ1) is 18.6. The molecule has 8 heteroatoms. The van der Waals surface area contributed by atoms with E-state index in [0.717, 1.165) is 0 Å². The van der Waals surface area contributed by atoms with Crippen molar-refractivity contribution < 1.29 is 26.7 Å². The van der Waals surface area contributed by atoms with Crippen LogP contribution in [0.5, 0.6) is 0 Å². The number of sulfone groups is 1. The van der Waals surface area contributed by atoms with Crippen molar-refractivity contribution in [1.29, 1.82) is 0 Å². The first-order valence-corrected chi connectivity index (χ1v) is 9.15. The van der Waals surface area contributed by atoms with Gasteiger partial charge in [-0.1, -0.05) is 6.07 Å². The molecule has 5 nitrogen and oxygen atoms in total. The second kappa shape index (κ2) is 6.31. The Morgan fingerprint density at radius 3 is 2.54 bits per heavy atom. The number of rotatable bonds is 3. The van der Waals surface area contributed by atoms with Gasteiger partial charge in [-0.25, -0.2) is 22.0 Å². The number of benzene rings is 1. The Morgan fingerprint density at radius 1 is 1.33 bits per heavy atom. The average Bonchev–Trinajstić information content (AvgIpc) is 2.78. The molecule has 0 bridgehead atoms. The standard InChI is InChI=1S/C16H21F2NO4S/c1-15(2,3)23-14(20)19-11-5-4-6-12(9-11)24(21,22)13-7-8-16(17,18)10-13/h4-6,9,13H,7-8,10H2,1-3H3,(H,19,20). The molecular formula is C16H21F2NO4S. The molecule has 0 aliphatic heterocycles. The third kappa shape index (κ3) is 4.66. The zero-order valence-electron chi connectivity index (χ0n) is 13.8. The predicted octanol–water partition coefficient (Wildman–Crippen LogP) is 4.00. The van der Waals surface area contributed by atoms with Crippen LogP contribution < -0.4 is 5.32 Å². The van der Waals surface area contributed by atoms with E-state index in [2.05, 4.69) is 5.32 Å². The summed E-state index contributed by atoms with van der Waals surface area (Å²) in [7, 11) is -3.88. The highest BCUT2D eigenvalue weighted by Crippen LogP contribution is 2.40. The highest BCUT2D eigenvalue weighted by Gasteiger charge is 2.45. The van der Waals surface area contributed by atoms with Gasteiger partial charge in [0.05, 0.1) is 10.1 Å². The molecule has 1 saturated carbocycles. The van der Waals surface area contributed by atoms with Crippen molar-refractivity contribution in [2.45, 2.75) is 61.7 Å². The van der Waals surface area contributed by atoms with Crippen molar-refractivity contribution in [3.05, 3.63) is 24.3 Å². The van der Waals surface area contributed by atoms with E-state index in [4.69, 9.17) is 4.74 Å². The Bertz CT molecular complexity index is 726. The van der Waals surface area contributed by atoms with Gasteiger partial charge in [0.2, 0.25) is 5.92 Å². The van der Waals surface area contributed by atoms with E-state index in [1.807, 2.05) is 0 Å². The van der Waals surface area contributed by atoms with Crippen LogP contribution in [0.3, 0.4) is 0 Å². The van der Waals surface area contributed by atoms with E-state index in [0.29, 0.717) is 0 Å². The van der Waals surface area contributed by atoms with Crippen LogP contribution in [0.25, 0.3) is 0 Å². The van der Waals surface area contributed by atoms with Crippen LogP contribution in [-0.4, -0.2) is 31.3 Å². The summed E-state index contributed by atoms with van der Waals surface area (Å²) in [4.78, 5) is 11.7. The minimum absolute atomic E-state index is 0.0704. The second-order valence-electron chi connectivity index (χ2n) is 6.92. The lowest BCUT2D eigenvalue weighted by atomic mass is 10.2. The summed E-state index contributed by atoms with van der Waals surface area (Å²) < 4.78 is 56.7. The van der Waals surface area contributed by atoms with Crippen molar-refractivity contribution in [3.8, 4) is 0 Å². The van der Waals surface area contributed by atoms with Gasteiger partial charge in [-0.15, -0.1) is 0 Å². The molecule has 1 aliphatic carbocycles. The lowest BCUT2D eigenvalue weighted by Crippen LogP contribution is -2.27. The van der Waals surface area contributed by atoms with Crippen LogP contribution >= 0.6 is 0 Å². The van der Waals surface area contributed by atoms with Crippen molar-refractivity contribution in [2.75, 3.05) is 5.32 Å². The molecule has 1 atom stereocenters. The smallest absolute Gasteiger partial charge is 0.412 e. The number of hydrogen-bond acceptors (Lipinski definition) is 4. The quantitative estimate of drug-likeness (QED) is 0.883. The number of amides is 1. The predicted molar refractivity (Wildman–Crippen MR) is 86.1 cm³/mol. The SMILES string of the molecule is CC(C)(C)OC(=O)Nc1cccc(S(=O)(=O)C2CCC(F)(F)C2)c1. The number of ether oxygens (including phenoxy) is 1. The Labute approximate surface area is 140 Å². The Balaban J connectivity index is 2.17. The number of hydrogen-bond donors (Lipinski definition) is 1. The van der Waals surface area contributed by atoms with E-state index in [1.165, 1.54) is 24.3 Å². The van der Waals surface area contributed by atoms with E-state index in [9.17, 15) is 22.0 Å². The largest absolute Gasteiger partial charge is 0.444 e. The minimum atomic E-state index is -3.88. The topological polar surface area (TPSA) is 72.5 Å².